The molecule has 0 unspecified atom stereocenters. The Hall–Kier alpha value is -2.49. The molecule has 0 aromatic heterocycles. The lowest BCUT2D eigenvalue weighted by Gasteiger charge is -2.30. The molecule has 1 amide bonds. The summed E-state index contributed by atoms with van der Waals surface area (Å²) in [6, 6.07) is 7.68. The number of carbonyl (C=O) groups is 1. The molecule has 0 radical (unpaired) electrons. The van der Waals surface area contributed by atoms with Gasteiger partial charge in [-0.1, -0.05) is 6.92 Å². The van der Waals surface area contributed by atoms with E-state index in [1.165, 1.54) is 16.4 Å². The zero-order valence-electron chi connectivity index (χ0n) is 19.9. The number of halogens is 1. The van der Waals surface area contributed by atoms with E-state index in [0.717, 1.165) is 12.8 Å². The van der Waals surface area contributed by atoms with Gasteiger partial charge in [0.2, 0.25) is 10.0 Å². The van der Waals surface area contributed by atoms with Crippen LogP contribution in [0.1, 0.15) is 41.3 Å². The lowest BCUT2D eigenvalue weighted by Crippen LogP contribution is -2.38. The van der Waals surface area contributed by atoms with Crippen LogP contribution >= 0.6 is 0 Å². The molecule has 0 saturated carbocycles. The van der Waals surface area contributed by atoms with E-state index < -0.39 is 21.7 Å². The molecule has 2 aliphatic rings. The fraction of sp³-hybridized carbons (Fsp3) is 0.480. The summed E-state index contributed by atoms with van der Waals surface area (Å²) in [5.74, 6) is -0.408. The van der Waals surface area contributed by atoms with E-state index in [0.29, 0.717) is 67.8 Å². The summed E-state index contributed by atoms with van der Waals surface area (Å²) in [5, 5.41) is 2.71. The summed E-state index contributed by atoms with van der Waals surface area (Å²) < 4.78 is 48.3. The largest absolute Gasteiger partial charge is 0.378 e. The Morgan fingerprint density at radius 1 is 1.06 bits per heavy atom. The van der Waals surface area contributed by atoms with Crippen molar-refractivity contribution in [3.63, 3.8) is 0 Å². The maximum Gasteiger partial charge on any atom is 0.255 e. The van der Waals surface area contributed by atoms with Crippen LogP contribution in [-0.2, 0) is 14.8 Å². The standard InChI is InChI=1S/C25H32FN3O4S/c1-17-6-8-29(9-7-17)34(31,32)24-15-20(14-18(2)19(24)3)25(30)27-21-4-5-23(22(26)16-21)28-10-12-33-13-11-28/h4-5,14-17H,6-13H2,1-3H3,(H,27,30). The van der Waals surface area contributed by atoms with Crippen molar-refractivity contribution in [3.05, 3.63) is 52.8 Å². The summed E-state index contributed by atoms with van der Waals surface area (Å²) in [4.78, 5) is 15.1. The number of piperidine rings is 1. The fourth-order valence-electron chi connectivity index (χ4n) is 4.44. The number of anilines is 2. The number of hydrogen-bond donors (Lipinski definition) is 1. The first-order valence-electron chi connectivity index (χ1n) is 11.7. The molecule has 0 bridgehead atoms. The lowest BCUT2D eigenvalue weighted by molar-refractivity contribution is 0.102. The number of morpholine rings is 1. The minimum atomic E-state index is -3.71. The molecular weight excluding hydrogens is 457 g/mol. The lowest BCUT2D eigenvalue weighted by atomic mass is 10.0. The number of rotatable bonds is 5. The van der Waals surface area contributed by atoms with E-state index in [2.05, 4.69) is 12.2 Å². The topological polar surface area (TPSA) is 79.0 Å². The van der Waals surface area contributed by atoms with Crippen molar-refractivity contribution in [1.29, 1.82) is 0 Å². The first-order chi connectivity index (χ1) is 16.2. The van der Waals surface area contributed by atoms with Crippen molar-refractivity contribution in [1.82, 2.24) is 4.31 Å². The predicted molar refractivity (Wildman–Crippen MR) is 130 cm³/mol. The normalized spacial score (nSPS) is 18.2. The Labute approximate surface area is 200 Å². The Kier molecular flexibility index (Phi) is 7.25. The van der Waals surface area contributed by atoms with Gasteiger partial charge in [0.15, 0.2) is 0 Å². The van der Waals surface area contributed by atoms with E-state index in [9.17, 15) is 17.6 Å². The average Bonchev–Trinajstić information content (AvgIpc) is 2.81. The molecule has 34 heavy (non-hydrogen) atoms. The van der Waals surface area contributed by atoms with Gasteiger partial charge in [-0.05, 0) is 74.1 Å². The number of sulfonamides is 1. The van der Waals surface area contributed by atoms with E-state index in [4.69, 9.17) is 4.74 Å². The Balaban J connectivity index is 1.56. The highest BCUT2D eigenvalue weighted by atomic mass is 32.2. The van der Waals surface area contributed by atoms with E-state index in [-0.39, 0.29) is 10.5 Å². The van der Waals surface area contributed by atoms with Crippen LogP contribution in [0.15, 0.2) is 35.2 Å². The predicted octanol–water partition coefficient (Wildman–Crippen LogP) is 3.95. The third kappa shape index (κ3) is 5.11. The van der Waals surface area contributed by atoms with E-state index in [1.807, 2.05) is 4.90 Å². The van der Waals surface area contributed by atoms with Gasteiger partial charge in [0.1, 0.15) is 5.82 Å². The molecule has 0 aliphatic carbocycles. The molecule has 2 aromatic carbocycles. The molecule has 2 heterocycles. The highest BCUT2D eigenvalue weighted by Gasteiger charge is 2.30. The monoisotopic (exact) mass is 489 g/mol. The highest BCUT2D eigenvalue weighted by Crippen LogP contribution is 2.29. The molecule has 7 nitrogen and oxygen atoms in total. The number of benzene rings is 2. The van der Waals surface area contributed by atoms with Crippen LogP contribution < -0.4 is 10.2 Å². The second-order valence-electron chi connectivity index (χ2n) is 9.22. The number of hydrogen-bond acceptors (Lipinski definition) is 5. The van der Waals surface area contributed by atoms with Gasteiger partial charge in [-0.25, -0.2) is 12.8 Å². The van der Waals surface area contributed by atoms with E-state index >= 15 is 0 Å². The number of nitrogens with zero attached hydrogens (tertiary/aromatic N) is 2. The van der Waals surface area contributed by atoms with Crippen molar-refractivity contribution in [2.75, 3.05) is 49.6 Å². The van der Waals surface area contributed by atoms with Crippen LogP contribution in [0.4, 0.5) is 15.8 Å². The highest BCUT2D eigenvalue weighted by molar-refractivity contribution is 7.89. The Morgan fingerprint density at radius 3 is 2.38 bits per heavy atom. The quantitative estimate of drug-likeness (QED) is 0.688. The van der Waals surface area contributed by atoms with Gasteiger partial charge in [-0.2, -0.15) is 4.31 Å². The van der Waals surface area contributed by atoms with Crippen LogP contribution in [-0.4, -0.2) is 58.0 Å². The van der Waals surface area contributed by atoms with Gasteiger partial charge in [0, 0.05) is 37.4 Å². The van der Waals surface area contributed by atoms with Crippen LogP contribution in [0.5, 0.6) is 0 Å². The first-order valence-corrected chi connectivity index (χ1v) is 13.2. The van der Waals surface area contributed by atoms with Crippen molar-refractivity contribution in [3.8, 4) is 0 Å². The van der Waals surface area contributed by atoms with Gasteiger partial charge >= 0.3 is 0 Å². The molecule has 2 aromatic rings. The average molecular weight is 490 g/mol. The van der Waals surface area contributed by atoms with Gasteiger partial charge in [0.25, 0.3) is 5.91 Å². The smallest absolute Gasteiger partial charge is 0.255 e. The molecule has 184 valence electrons. The number of amides is 1. The minimum Gasteiger partial charge on any atom is -0.378 e. The van der Waals surface area contributed by atoms with E-state index in [1.54, 1.807) is 32.0 Å². The summed E-state index contributed by atoms with van der Waals surface area (Å²) >= 11 is 0. The minimum absolute atomic E-state index is 0.154. The zero-order chi connectivity index (χ0) is 24.5. The third-order valence-electron chi connectivity index (χ3n) is 6.80. The molecular formula is C25H32FN3O4S. The number of aryl methyl sites for hydroxylation is 1. The number of carbonyl (C=O) groups excluding carboxylic acids is 1. The van der Waals surface area contributed by atoms with Crippen molar-refractivity contribution < 1.29 is 22.3 Å². The van der Waals surface area contributed by atoms with Crippen LogP contribution in [0, 0.1) is 25.6 Å². The third-order valence-corrected chi connectivity index (χ3v) is 8.82. The summed E-state index contributed by atoms with van der Waals surface area (Å²) in [7, 11) is -3.71. The maximum atomic E-state index is 14.7. The number of ether oxygens (including phenoxy) is 1. The molecule has 2 saturated heterocycles. The molecule has 1 N–H and O–H groups in total. The summed E-state index contributed by atoms with van der Waals surface area (Å²) in [6.45, 7) is 8.95. The maximum absolute atomic E-state index is 14.7. The fourth-order valence-corrected chi connectivity index (χ4v) is 6.23. The number of nitrogens with one attached hydrogen (secondary N) is 1. The Bertz CT molecular complexity index is 1170. The molecule has 4 rings (SSSR count). The summed E-state index contributed by atoms with van der Waals surface area (Å²) in [6.07, 6.45) is 1.65. The van der Waals surface area contributed by atoms with Crippen LogP contribution in [0.25, 0.3) is 0 Å². The Morgan fingerprint density at radius 2 is 1.74 bits per heavy atom. The first kappa shape index (κ1) is 24.6. The molecule has 0 atom stereocenters. The molecule has 2 aliphatic heterocycles. The van der Waals surface area contributed by atoms with Crippen LogP contribution in [0.3, 0.4) is 0 Å². The van der Waals surface area contributed by atoms with Crippen molar-refractivity contribution in [2.45, 2.75) is 38.5 Å². The molecule has 0 spiro atoms. The molecule has 2 fully saturated rings. The van der Waals surface area contributed by atoms with Crippen molar-refractivity contribution >= 4 is 27.3 Å². The van der Waals surface area contributed by atoms with Gasteiger partial charge in [0.05, 0.1) is 23.8 Å². The van der Waals surface area contributed by atoms with Gasteiger partial charge in [-0.15, -0.1) is 0 Å². The second-order valence-corrected chi connectivity index (χ2v) is 11.1. The van der Waals surface area contributed by atoms with Gasteiger partial charge in [-0.3, -0.25) is 4.79 Å². The summed E-state index contributed by atoms with van der Waals surface area (Å²) in [5.41, 5.74) is 2.36. The molecule has 9 heteroatoms. The second kappa shape index (κ2) is 10.0. The van der Waals surface area contributed by atoms with Gasteiger partial charge < -0.3 is 15.0 Å². The van der Waals surface area contributed by atoms with Crippen LogP contribution in [0.2, 0.25) is 0 Å². The SMILES string of the molecule is Cc1cc(C(=O)Nc2ccc(N3CCOCC3)c(F)c2)cc(S(=O)(=O)N2CCC(C)CC2)c1C. The van der Waals surface area contributed by atoms with Crippen molar-refractivity contribution in [2.24, 2.45) is 5.92 Å². The zero-order valence-corrected chi connectivity index (χ0v) is 20.8.